The third-order valence-electron chi connectivity index (χ3n) is 2.21. The molecule has 0 spiro atoms. The van der Waals surface area contributed by atoms with Gasteiger partial charge in [-0.2, -0.15) is 5.10 Å². The third-order valence-corrected chi connectivity index (χ3v) is 3.17. The maximum Gasteiger partial charge on any atom is 0.262 e. The van der Waals surface area contributed by atoms with Gasteiger partial charge in [-0.3, -0.25) is 19.9 Å². The van der Waals surface area contributed by atoms with Crippen LogP contribution in [0.4, 0.5) is 0 Å². The number of H-pyrrole nitrogens is 2. The number of carbonyl (C=O) groups excluding carboxylic acids is 1. The van der Waals surface area contributed by atoms with Crippen LogP contribution in [0.2, 0.25) is 0 Å². The monoisotopic (exact) mass is 269 g/mol. The highest BCUT2D eigenvalue weighted by Gasteiger charge is 2.06. The molecule has 2 aromatic heterocycles. The van der Waals surface area contributed by atoms with E-state index in [0.717, 1.165) is 0 Å². The fourth-order valence-corrected chi connectivity index (χ4v) is 2.15. The van der Waals surface area contributed by atoms with Gasteiger partial charge in [0.2, 0.25) is 5.91 Å². The standard InChI is InChI=1S/C9H11N5O3S/c15-6(14-17)2-1-3-18-9-11-7-5(4-10-13-7)8(16)12-9/h4,17H,1-3H2,(H,14,15)(H2,10,11,12,13,16). The van der Waals surface area contributed by atoms with Crippen molar-refractivity contribution in [3.63, 3.8) is 0 Å². The van der Waals surface area contributed by atoms with Crippen molar-refractivity contribution in [2.24, 2.45) is 0 Å². The minimum atomic E-state index is -0.430. The molecule has 4 N–H and O–H groups in total. The summed E-state index contributed by atoms with van der Waals surface area (Å²) in [6.45, 7) is 0. The van der Waals surface area contributed by atoms with Gasteiger partial charge in [0.1, 0.15) is 5.39 Å². The molecule has 2 aromatic rings. The second-order valence-corrected chi connectivity index (χ2v) is 4.57. The Labute approximate surface area is 105 Å². The molecule has 0 aromatic carbocycles. The molecule has 2 heterocycles. The molecule has 0 saturated heterocycles. The van der Waals surface area contributed by atoms with Crippen molar-refractivity contribution in [2.75, 3.05) is 5.75 Å². The van der Waals surface area contributed by atoms with Gasteiger partial charge in [-0.05, 0) is 6.42 Å². The van der Waals surface area contributed by atoms with Gasteiger partial charge in [0.25, 0.3) is 5.56 Å². The number of aromatic nitrogens is 4. The van der Waals surface area contributed by atoms with E-state index in [-0.39, 0.29) is 12.0 Å². The summed E-state index contributed by atoms with van der Waals surface area (Å²) in [5.41, 5.74) is 1.75. The maximum atomic E-state index is 11.6. The van der Waals surface area contributed by atoms with Crippen molar-refractivity contribution in [3.05, 3.63) is 16.6 Å². The molecule has 0 unspecified atom stereocenters. The molecule has 0 bridgehead atoms. The molecule has 0 atom stereocenters. The summed E-state index contributed by atoms with van der Waals surface area (Å²) >= 11 is 1.33. The predicted octanol–water partition coefficient (Wildman–Crippen LogP) is 0.0239. The van der Waals surface area contributed by atoms with Crippen LogP contribution in [0, 0.1) is 0 Å². The third kappa shape index (κ3) is 2.87. The SMILES string of the molecule is O=C(CCCSc1nc2[nH]ncc2c(=O)[nH]1)NO. The minimum Gasteiger partial charge on any atom is -0.301 e. The first-order valence-electron chi connectivity index (χ1n) is 5.20. The highest BCUT2D eigenvalue weighted by atomic mass is 32.2. The van der Waals surface area contributed by atoms with E-state index in [4.69, 9.17) is 5.21 Å². The van der Waals surface area contributed by atoms with Crippen LogP contribution in [0.5, 0.6) is 0 Å². The normalized spacial score (nSPS) is 10.7. The van der Waals surface area contributed by atoms with Gasteiger partial charge < -0.3 is 4.98 Å². The summed E-state index contributed by atoms with van der Waals surface area (Å²) in [4.78, 5) is 29.1. The zero-order valence-electron chi connectivity index (χ0n) is 9.27. The van der Waals surface area contributed by atoms with E-state index in [1.54, 1.807) is 5.48 Å². The fourth-order valence-electron chi connectivity index (χ4n) is 1.35. The van der Waals surface area contributed by atoms with Crippen LogP contribution in [0.3, 0.4) is 0 Å². The number of hydroxylamine groups is 1. The number of amides is 1. The van der Waals surface area contributed by atoms with Gasteiger partial charge in [0.05, 0.1) is 6.20 Å². The van der Waals surface area contributed by atoms with Crippen LogP contribution in [0.15, 0.2) is 16.1 Å². The summed E-state index contributed by atoms with van der Waals surface area (Å²) in [7, 11) is 0. The molecule has 0 radical (unpaired) electrons. The molecule has 96 valence electrons. The maximum absolute atomic E-state index is 11.6. The Morgan fingerprint density at radius 3 is 3.17 bits per heavy atom. The van der Waals surface area contributed by atoms with Crippen LogP contribution in [0.25, 0.3) is 11.0 Å². The topological polar surface area (TPSA) is 124 Å². The Balaban J connectivity index is 1.95. The average molecular weight is 269 g/mol. The van der Waals surface area contributed by atoms with Gasteiger partial charge >= 0.3 is 0 Å². The summed E-state index contributed by atoms with van der Waals surface area (Å²) in [5, 5.41) is 15.6. The van der Waals surface area contributed by atoms with E-state index in [2.05, 4.69) is 20.2 Å². The second-order valence-electron chi connectivity index (χ2n) is 3.49. The van der Waals surface area contributed by atoms with E-state index in [0.29, 0.717) is 28.4 Å². The Morgan fingerprint density at radius 1 is 1.56 bits per heavy atom. The fraction of sp³-hybridized carbons (Fsp3) is 0.333. The highest BCUT2D eigenvalue weighted by molar-refractivity contribution is 7.99. The lowest BCUT2D eigenvalue weighted by Crippen LogP contribution is -2.18. The first kappa shape index (κ1) is 12.6. The van der Waals surface area contributed by atoms with Crippen molar-refractivity contribution < 1.29 is 10.0 Å². The molecule has 8 nitrogen and oxygen atoms in total. The summed E-state index contributed by atoms with van der Waals surface area (Å²) < 4.78 is 0. The number of fused-ring (bicyclic) bond motifs is 1. The molecule has 2 rings (SSSR count). The van der Waals surface area contributed by atoms with Crippen molar-refractivity contribution in [2.45, 2.75) is 18.0 Å². The number of hydrogen-bond acceptors (Lipinski definition) is 6. The quantitative estimate of drug-likeness (QED) is 0.199. The summed E-state index contributed by atoms with van der Waals surface area (Å²) in [6, 6.07) is 0. The van der Waals surface area contributed by atoms with Crippen molar-refractivity contribution in [1.82, 2.24) is 25.6 Å². The number of nitrogens with zero attached hydrogens (tertiary/aromatic N) is 2. The number of aromatic amines is 2. The van der Waals surface area contributed by atoms with E-state index >= 15 is 0 Å². The zero-order chi connectivity index (χ0) is 13.0. The lowest BCUT2D eigenvalue weighted by molar-refractivity contribution is -0.129. The van der Waals surface area contributed by atoms with Crippen LogP contribution in [-0.4, -0.2) is 37.0 Å². The van der Waals surface area contributed by atoms with Gasteiger partial charge in [0, 0.05) is 12.2 Å². The molecule has 0 fully saturated rings. The molecule has 0 aliphatic rings. The van der Waals surface area contributed by atoms with E-state index in [9.17, 15) is 9.59 Å². The predicted molar refractivity (Wildman–Crippen MR) is 64.4 cm³/mol. The van der Waals surface area contributed by atoms with Crippen LogP contribution >= 0.6 is 11.8 Å². The first-order valence-corrected chi connectivity index (χ1v) is 6.18. The summed E-state index contributed by atoms with van der Waals surface area (Å²) in [6.07, 6.45) is 2.21. The lowest BCUT2D eigenvalue weighted by atomic mass is 10.3. The van der Waals surface area contributed by atoms with E-state index in [1.807, 2.05) is 0 Å². The zero-order valence-corrected chi connectivity index (χ0v) is 10.1. The van der Waals surface area contributed by atoms with Crippen molar-refractivity contribution in [3.8, 4) is 0 Å². The highest BCUT2D eigenvalue weighted by Crippen LogP contribution is 2.14. The molecule has 0 saturated carbocycles. The number of carbonyl (C=O) groups is 1. The molecule has 0 aliphatic carbocycles. The molecule has 18 heavy (non-hydrogen) atoms. The molecular formula is C9H11N5O3S. The van der Waals surface area contributed by atoms with Gasteiger partial charge in [-0.1, -0.05) is 11.8 Å². The Kier molecular flexibility index (Phi) is 3.95. The van der Waals surface area contributed by atoms with E-state index < -0.39 is 5.91 Å². The van der Waals surface area contributed by atoms with Gasteiger partial charge in [-0.15, -0.1) is 0 Å². The largest absolute Gasteiger partial charge is 0.301 e. The van der Waals surface area contributed by atoms with Gasteiger partial charge in [-0.25, -0.2) is 10.5 Å². The lowest BCUT2D eigenvalue weighted by Gasteiger charge is -2.00. The molecule has 0 aliphatic heterocycles. The smallest absolute Gasteiger partial charge is 0.262 e. The van der Waals surface area contributed by atoms with Crippen LogP contribution < -0.4 is 11.0 Å². The summed E-state index contributed by atoms with van der Waals surface area (Å²) in [5.74, 6) is 0.178. The van der Waals surface area contributed by atoms with Crippen LogP contribution in [-0.2, 0) is 4.79 Å². The average Bonchev–Trinajstić information content (AvgIpc) is 2.83. The number of thioether (sulfide) groups is 1. The van der Waals surface area contributed by atoms with Crippen LogP contribution in [0.1, 0.15) is 12.8 Å². The molecular weight excluding hydrogens is 258 g/mol. The van der Waals surface area contributed by atoms with E-state index in [1.165, 1.54) is 18.0 Å². The molecule has 9 heteroatoms. The van der Waals surface area contributed by atoms with Crippen molar-refractivity contribution >= 4 is 28.7 Å². The Bertz CT molecular complexity index is 608. The van der Waals surface area contributed by atoms with Gasteiger partial charge in [0.15, 0.2) is 10.8 Å². The number of hydrogen-bond donors (Lipinski definition) is 4. The minimum absolute atomic E-state index is 0.222. The molecule has 1 amide bonds. The van der Waals surface area contributed by atoms with Crippen molar-refractivity contribution in [1.29, 1.82) is 0 Å². The Hall–Kier alpha value is -1.87. The number of rotatable bonds is 5. The Morgan fingerprint density at radius 2 is 2.39 bits per heavy atom. The first-order chi connectivity index (χ1) is 8.70. The number of nitrogens with one attached hydrogen (secondary N) is 3. The second kappa shape index (κ2) is 5.65.